The molecule has 126 valence electrons. The Kier molecular flexibility index (Phi) is 5.25. The molecular formula is C18H20N2O3S. The molecule has 2 heterocycles. The Balaban J connectivity index is 1.72. The molecule has 0 bridgehead atoms. The summed E-state index contributed by atoms with van der Waals surface area (Å²) < 4.78 is 5.20. The van der Waals surface area contributed by atoms with Crippen molar-refractivity contribution in [1.29, 1.82) is 0 Å². The number of benzene rings is 1. The maximum Gasteiger partial charge on any atom is 0.290 e. The summed E-state index contributed by atoms with van der Waals surface area (Å²) in [6.45, 7) is 0.572. The SMILES string of the molecule is CSc1ccc(NC(=O)C2CCCCN2C(=O)c2ccco2)cc1. The zero-order valence-electron chi connectivity index (χ0n) is 13.5. The molecule has 0 saturated carbocycles. The third kappa shape index (κ3) is 3.64. The summed E-state index contributed by atoms with van der Waals surface area (Å²) in [5.74, 6) is -0.0943. The van der Waals surface area contributed by atoms with Crippen LogP contribution < -0.4 is 5.32 Å². The van der Waals surface area contributed by atoms with Crippen LogP contribution in [-0.2, 0) is 4.79 Å². The lowest BCUT2D eigenvalue weighted by Gasteiger charge is -2.34. The van der Waals surface area contributed by atoms with Crippen molar-refractivity contribution in [2.45, 2.75) is 30.2 Å². The second-order valence-electron chi connectivity index (χ2n) is 5.71. The normalized spacial score (nSPS) is 17.5. The fraction of sp³-hybridized carbons (Fsp3) is 0.333. The van der Waals surface area contributed by atoms with Crippen molar-refractivity contribution in [2.75, 3.05) is 18.1 Å². The van der Waals surface area contributed by atoms with Gasteiger partial charge in [0.1, 0.15) is 6.04 Å². The number of hydrogen-bond donors (Lipinski definition) is 1. The van der Waals surface area contributed by atoms with E-state index < -0.39 is 6.04 Å². The highest BCUT2D eigenvalue weighted by atomic mass is 32.2. The largest absolute Gasteiger partial charge is 0.459 e. The number of anilines is 1. The molecule has 1 aromatic carbocycles. The van der Waals surface area contributed by atoms with E-state index in [1.165, 1.54) is 6.26 Å². The van der Waals surface area contributed by atoms with Gasteiger partial charge in [0.2, 0.25) is 5.91 Å². The second-order valence-corrected chi connectivity index (χ2v) is 6.58. The maximum atomic E-state index is 12.7. The highest BCUT2D eigenvalue weighted by molar-refractivity contribution is 7.98. The number of rotatable bonds is 4. The Morgan fingerprint density at radius 3 is 2.67 bits per heavy atom. The van der Waals surface area contributed by atoms with E-state index in [2.05, 4.69) is 5.32 Å². The molecule has 1 aliphatic rings. The van der Waals surface area contributed by atoms with Crippen LogP contribution in [0.1, 0.15) is 29.8 Å². The molecule has 1 aliphatic heterocycles. The number of piperidine rings is 1. The van der Waals surface area contributed by atoms with Crippen molar-refractivity contribution in [3.05, 3.63) is 48.4 Å². The molecule has 1 aromatic heterocycles. The summed E-state index contributed by atoms with van der Waals surface area (Å²) in [5, 5.41) is 2.92. The van der Waals surface area contributed by atoms with Gasteiger partial charge in [-0.2, -0.15) is 0 Å². The fourth-order valence-corrected chi connectivity index (χ4v) is 3.30. The number of likely N-dealkylation sites (tertiary alicyclic amines) is 1. The highest BCUT2D eigenvalue weighted by Gasteiger charge is 2.33. The van der Waals surface area contributed by atoms with Gasteiger partial charge in [-0.05, 0) is 61.9 Å². The average molecular weight is 344 g/mol. The first-order valence-corrected chi connectivity index (χ1v) is 9.21. The van der Waals surface area contributed by atoms with E-state index in [9.17, 15) is 9.59 Å². The number of thioether (sulfide) groups is 1. The number of nitrogens with one attached hydrogen (secondary N) is 1. The number of nitrogens with zero attached hydrogens (tertiary/aromatic N) is 1. The Morgan fingerprint density at radius 2 is 2.00 bits per heavy atom. The van der Waals surface area contributed by atoms with E-state index in [-0.39, 0.29) is 17.6 Å². The quantitative estimate of drug-likeness (QED) is 0.860. The van der Waals surface area contributed by atoms with E-state index in [0.29, 0.717) is 13.0 Å². The summed E-state index contributed by atoms with van der Waals surface area (Å²) in [5.41, 5.74) is 0.744. The minimum absolute atomic E-state index is 0.147. The lowest BCUT2D eigenvalue weighted by Crippen LogP contribution is -2.49. The predicted molar refractivity (Wildman–Crippen MR) is 94.2 cm³/mol. The van der Waals surface area contributed by atoms with Gasteiger partial charge in [0.15, 0.2) is 5.76 Å². The molecule has 1 N–H and O–H groups in total. The van der Waals surface area contributed by atoms with Gasteiger partial charge in [0, 0.05) is 17.1 Å². The lowest BCUT2D eigenvalue weighted by atomic mass is 10.0. The van der Waals surface area contributed by atoms with Crippen molar-refractivity contribution >= 4 is 29.3 Å². The molecule has 24 heavy (non-hydrogen) atoms. The van der Waals surface area contributed by atoms with Crippen LogP contribution in [0.25, 0.3) is 0 Å². The first kappa shape index (κ1) is 16.6. The minimum atomic E-state index is -0.462. The van der Waals surface area contributed by atoms with Gasteiger partial charge in [-0.1, -0.05) is 0 Å². The van der Waals surface area contributed by atoms with Gasteiger partial charge in [0.25, 0.3) is 5.91 Å². The molecule has 0 spiro atoms. The maximum absolute atomic E-state index is 12.7. The van der Waals surface area contributed by atoms with Crippen molar-refractivity contribution in [1.82, 2.24) is 4.90 Å². The van der Waals surface area contributed by atoms with Gasteiger partial charge >= 0.3 is 0 Å². The van der Waals surface area contributed by atoms with Crippen molar-refractivity contribution < 1.29 is 14.0 Å². The van der Waals surface area contributed by atoms with Gasteiger partial charge < -0.3 is 14.6 Å². The third-order valence-electron chi connectivity index (χ3n) is 4.16. The molecule has 0 aliphatic carbocycles. The Bertz CT molecular complexity index is 698. The molecule has 2 aromatic rings. The molecule has 6 heteroatoms. The standard InChI is InChI=1S/C18H20N2O3S/c1-24-14-9-7-13(8-10-14)19-17(21)15-5-2-3-11-20(15)18(22)16-6-4-12-23-16/h4,6-10,12,15H,2-3,5,11H2,1H3,(H,19,21). The second kappa shape index (κ2) is 7.57. The zero-order valence-corrected chi connectivity index (χ0v) is 14.3. The van der Waals surface area contributed by atoms with Gasteiger partial charge in [-0.25, -0.2) is 0 Å². The molecule has 5 nitrogen and oxygen atoms in total. The molecule has 1 fully saturated rings. The van der Waals surface area contributed by atoms with Gasteiger partial charge in [0.05, 0.1) is 6.26 Å². The van der Waals surface area contributed by atoms with E-state index in [1.54, 1.807) is 28.8 Å². The van der Waals surface area contributed by atoms with Crippen molar-refractivity contribution in [2.24, 2.45) is 0 Å². The molecule has 3 rings (SSSR count). The third-order valence-corrected chi connectivity index (χ3v) is 4.90. The summed E-state index contributed by atoms with van der Waals surface area (Å²) in [4.78, 5) is 28.0. The first-order chi connectivity index (χ1) is 11.7. The smallest absolute Gasteiger partial charge is 0.290 e. The topological polar surface area (TPSA) is 62.6 Å². The number of hydrogen-bond acceptors (Lipinski definition) is 4. The molecular weight excluding hydrogens is 324 g/mol. The van der Waals surface area contributed by atoms with E-state index >= 15 is 0 Å². The summed E-state index contributed by atoms with van der Waals surface area (Å²) in [6, 6.07) is 10.5. The van der Waals surface area contributed by atoms with Crippen LogP contribution in [0.5, 0.6) is 0 Å². The number of furan rings is 1. The lowest BCUT2D eigenvalue weighted by molar-refractivity contribution is -0.121. The molecule has 2 amide bonds. The number of carbonyl (C=O) groups excluding carboxylic acids is 2. The Hall–Kier alpha value is -2.21. The average Bonchev–Trinajstić information content (AvgIpc) is 3.16. The van der Waals surface area contributed by atoms with Crippen LogP contribution in [0.2, 0.25) is 0 Å². The Morgan fingerprint density at radius 1 is 1.21 bits per heavy atom. The van der Waals surface area contributed by atoms with Gasteiger partial charge in [-0.15, -0.1) is 11.8 Å². The zero-order chi connectivity index (χ0) is 16.9. The van der Waals surface area contributed by atoms with E-state index in [4.69, 9.17) is 4.42 Å². The fourth-order valence-electron chi connectivity index (χ4n) is 2.89. The molecule has 1 atom stereocenters. The molecule has 1 unspecified atom stereocenters. The van der Waals surface area contributed by atoms with Crippen LogP contribution in [0.3, 0.4) is 0 Å². The molecule has 0 radical (unpaired) electrons. The summed E-state index contributed by atoms with van der Waals surface area (Å²) in [6.07, 6.45) is 5.98. The predicted octanol–water partition coefficient (Wildman–Crippen LogP) is 3.63. The van der Waals surface area contributed by atoms with Crippen LogP contribution in [-0.4, -0.2) is 35.6 Å². The summed E-state index contributed by atoms with van der Waals surface area (Å²) in [7, 11) is 0. The number of carbonyl (C=O) groups is 2. The van der Waals surface area contributed by atoms with E-state index in [0.717, 1.165) is 23.4 Å². The van der Waals surface area contributed by atoms with E-state index in [1.807, 2.05) is 30.5 Å². The highest BCUT2D eigenvalue weighted by Crippen LogP contribution is 2.22. The Labute approximate surface area is 145 Å². The van der Waals surface area contributed by atoms with Crippen molar-refractivity contribution in [3.63, 3.8) is 0 Å². The summed E-state index contributed by atoms with van der Waals surface area (Å²) >= 11 is 1.65. The number of amides is 2. The minimum Gasteiger partial charge on any atom is -0.459 e. The van der Waals surface area contributed by atoms with Crippen LogP contribution >= 0.6 is 11.8 Å². The van der Waals surface area contributed by atoms with Gasteiger partial charge in [-0.3, -0.25) is 9.59 Å². The van der Waals surface area contributed by atoms with Crippen LogP contribution in [0, 0.1) is 0 Å². The van der Waals surface area contributed by atoms with Crippen LogP contribution in [0.15, 0.2) is 52.0 Å². The van der Waals surface area contributed by atoms with Crippen molar-refractivity contribution in [3.8, 4) is 0 Å². The molecule has 1 saturated heterocycles. The first-order valence-electron chi connectivity index (χ1n) is 7.98. The monoisotopic (exact) mass is 344 g/mol. The van der Waals surface area contributed by atoms with Crippen LogP contribution in [0.4, 0.5) is 5.69 Å².